The van der Waals surface area contributed by atoms with E-state index in [1.54, 1.807) is 0 Å². The molecule has 8 heteroatoms. The van der Waals surface area contributed by atoms with Crippen LogP contribution in [-0.2, 0) is 13.1 Å². The maximum atomic E-state index is 11.1. The minimum atomic E-state index is -0.667. The molecule has 2 aromatic rings. The molecule has 0 aliphatic carbocycles. The Morgan fingerprint density at radius 2 is 2.35 bits per heavy atom. The van der Waals surface area contributed by atoms with Gasteiger partial charge in [0.25, 0.3) is 11.7 Å². The van der Waals surface area contributed by atoms with Crippen molar-refractivity contribution in [3.05, 3.63) is 29.7 Å². The molecule has 0 bridgehead atoms. The number of carbonyl (C=O) groups is 1. The normalized spacial score (nSPS) is 18.8. The van der Waals surface area contributed by atoms with Crippen molar-refractivity contribution < 1.29 is 9.32 Å². The largest absolute Gasteiger partial charge is 0.363 e. The van der Waals surface area contributed by atoms with Crippen molar-refractivity contribution in [2.45, 2.75) is 45.8 Å². The van der Waals surface area contributed by atoms with Gasteiger partial charge in [0.05, 0.1) is 12.2 Å². The first kappa shape index (κ1) is 15.7. The lowest BCUT2D eigenvalue weighted by Crippen LogP contribution is -2.23. The third kappa shape index (κ3) is 3.58. The van der Waals surface area contributed by atoms with E-state index < -0.39 is 5.91 Å². The van der Waals surface area contributed by atoms with Crippen LogP contribution >= 0.6 is 0 Å². The predicted octanol–water partition coefficient (Wildman–Crippen LogP) is 1.36. The number of amides is 1. The molecule has 8 nitrogen and oxygen atoms in total. The highest BCUT2D eigenvalue weighted by Gasteiger charge is 2.31. The number of rotatable bonds is 6. The Bertz CT molecular complexity index is 677. The van der Waals surface area contributed by atoms with Crippen LogP contribution in [0.5, 0.6) is 0 Å². The van der Waals surface area contributed by atoms with E-state index in [-0.39, 0.29) is 11.9 Å². The first-order valence-corrected chi connectivity index (χ1v) is 7.91. The number of likely N-dealkylation sites (tertiary alicyclic amines) is 1. The van der Waals surface area contributed by atoms with Crippen LogP contribution < -0.4 is 5.73 Å². The molecule has 1 amide bonds. The summed E-state index contributed by atoms with van der Waals surface area (Å²) in [6, 6.07) is 0.0315. The van der Waals surface area contributed by atoms with Crippen molar-refractivity contribution in [2.75, 3.05) is 6.54 Å². The van der Waals surface area contributed by atoms with Gasteiger partial charge in [-0.25, -0.2) is 0 Å². The van der Waals surface area contributed by atoms with E-state index in [1.165, 1.54) is 0 Å². The number of hydrogen-bond acceptors (Lipinski definition) is 6. The molecule has 23 heavy (non-hydrogen) atoms. The van der Waals surface area contributed by atoms with Gasteiger partial charge in [-0.05, 0) is 25.3 Å². The maximum Gasteiger partial charge on any atom is 0.290 e. The van der Waals surface area contributed by atoms with Crippen molar-refractivity contribution in [1.82, 2.24) is 24.8 Å². The third-order valence-electron chi connectivity index (χ3n) is 3.94. The Labute approximate surface area is 134 Å². The quantitative estimate of drug-likeness (QED) is 0.862. The summed E-state index contributed by atoms with van der Waals surface area (Å²) >= 11 is 0. The van der Waals surface area contributed by atoms with Crippen molar-refractivity contribution in [3.63, 3.8) is 0 Å². The van der Waals surface area contributed by atoms with Gasteiger partial charge in [0.15, 0.2) is 0 Å². The van der Waals surface area contributed by atoms with E-state index in [4.69, 9.17) is 10.3 Å². The third-order valence-corrected chi connectivity index (χ3v) is 3.94. The second-order valence-electron chi connectivity index (χ2n) is 6.41. The van der Waals surface area contributed by atoms with E-state index in [0.29, 0.717) is 11.8 Å². The van der Waals surface area contributed by atoms with Crippen LogP contribution in [0.25, 0.3) is 0 Å². The van der Waals surface area contributed by atoms with Crippen LogP contribution in [0.2, 0.25) is 0 Å². The molecule has 3 heterocycles. The molecule has 1 aliphatic rings. The summed E-state index contributed by atoms with van der Waals surface area (Å²) in [5.74, 6) is 0.301. The molecular weight excluding hydrogens is 296 g/mol. The summed E-state index contributed by atoms with van der Waals surface area (Å²) in [5, 5.41) is 8.04. The lowest BCUT2D eigenvalue weighted by Gasteiger charge is -2.20. The molecule has 0 aromatic carbocycles. The van der Waals surface area contributed by atoms with Crippen molar-refractivity contribution in [2.24, 2.45) is 11.7 Å². The van der Waals surface area contributed by atoms with Crippen molar-refractivity contribution in [1.29, 1.82) is 0 Å². The Balaban J connectivity index is 1.69. The van der Waals surface area contributed by atoms with E-state index in [2.05, 4.69) is 40.2 Å². The van der Waals surface area contributed by atoms with Gasteiger partial charge in [0.2, 0.25) is 5.89 Å². The predicted molar refractivity (Wildman–Crippen MR) is 82.3 cm³/mol. The summed E-state index contributed by atoms with van der Waals surface area (Å²) in [6.45, 7) is 6.98. The molecule has 3 rings (SSSR count). The highest BCUT2D eigenvalue weighted by Crippen LogP contribution is 2.32. The zero-order valence-corrected chi connectivity index (χ0v) is 13.5. The number of hydrogen-bond donors (Lipinski definition) is 1. The van der Waals surface area contributed by atoms with Crippen LogP contribution in [-0.4, -0.2) is 37.3 Å². The lowest BCUT2D eigenvalue weighted by molar-refractivity contribution is 0.0987. The summed E-state index contributed by atoms with van der Waals surface area (Å²) in [7, 11) is 0. The molecular formula is C15H22N6O2. The molecule has 1 unspecified atom stereocenters. The average molecular weight is 318 g/mol. The number of nitrogens with two attached hydrogens (primary N) is 1. The minimum Gasteiger partial charge on any atom is -0.363 e. The summed E-state index contributed by atoms with van der Waals surface area (Å²) in [6.07, 6.45) is 5.97. The van der Waals surface area contributed by atoms with Gasteiger partial charge in [0, 0.05) is 24.8 Å². The first-order chi connectivity index (χ1) is 11.0. The Kier molecular flexibility index (Phi) is 4.42. The topological polar surface area (TPSA) is 103 Å². The second kappa shape index (κ2) is 6.49. The highest BCUT2D eigenvalue weighted by atomic mass is 16.5. The van der Waals surface area contributed by atoms with Gasteiger partial charge in [-0.3, -0.25) is 14.4 Å². The van der Waals surface area contributed by atoms with Gasteiger partial charge in [-0.2, -0.15) is 10.1 Å². The molecule has 1 fully saturated rings. The zero-order valence-electron chi connectivity index (χ0n) is 13.5. The Morgan fingerprint density at radius 1 is 1.52 bits per heavy atom. The molecule has 0 saturated carbocycles. The lowest BCUT2D eigenvalue weighted by atomic mass is 10.2. The highest BCUT2D eigenvalue weighted by molar-refractivity contribution is 5.88. The monoisotopic (exact) mass is 318 g/mol. The summed E-state index contributed by atoms with van der Waals surface area (Å²) < 4.78 is 7.19. The van der Waals surface area contributed by atoms with Gasteiger partial charge in [-0.1, -0.05) is 19.0 Å². The van der Waals surface area contributed by atoms with Gasteiger partial charge in [0.1, 0.15) is 0 Å². The fourth-order valence-corrected chi connectivity index (χ4v) is 2.96. The standard InChI is InChI=1S/C15H22N6O2/c1-10(2)7-21-9-11(6-17-21)8-20-5-3-4-12(20)15-18-14(13(16)22)19-23-15/h6,9-10,12H,3-5,7-8H2,1-2H3,(H2,16,22). The van der Waals surface area contributed by atoms with E-state index in [0.717, 1.165) is 38.0 Å². The number of nitrogens with zero attached hydrogens (tertiary/aromatic N) is 5. The molecule has 2 N–H and O–H groups in total. The van der Waals surface area contributed by atoms with E-state index >= 15 is 0 Å². The van der Waals surface area contributed by atoms with Crippen LogP contribution in [0.4, 0.5) is 0 Å². The van der Waals surface area contributed by atoms with Crippen LogP contribution in [0.1, 0.15) is 54.8 Å². The van der Waals surface area contributed by atoms with Crippen molar-refractivity contribution >= 4 is 5.91 Å². The zero-order chi connectivity index (χ0) is 16.4. The number of primary amides is 1. The number of carbonyl (C=O) groups excluding carboxylic acids is 1. The molecule has 1 atom stereocenters. The Morgan fingerprint density at radius 3 is 3.04 bits per heavy atom. The van der Waals surface area contributed by atoms with Crippen LogP contribution in [0, 0.1) is 5.92 Å². The maximum absolute atomic E-state index is 11.1. The van der Waals surface area contributed by atoms with E-state index in [1.807, 2.05) is 10.9 Å². The van der Waals surface area contributed by atoms with Crippen LogP contribution in [0.15, 0.2) is 16.9 Å². The van der Waals surface area contributed by atoms with Crippen LogP contribution in [0.3, 0.4) is 0 Å². The van der Waals surface area contributed by atoms with Crippen molar-refractivity contribution in [3.8, 4) is 0 Å². The molecule has 0 radical (unpaired) electrons. The molecule has 124 valence electrons. The fraction of sp³-hybridized carbons (Fsp3) is 0.600. The Hall–Kier alpha value is -2.22. The minimum absolute atomic E-state index is 0.0315. The smallest absolute Gasteiger partial charge is 0.290 e. The van der Waals surface area contributed by atoms with Gasteiger partial charge >= 0.3 is 0 Å². The number of aromatic nitrogens is 4. The summed E-state index contributed by atoms with van der Waals surface area (Å²) in [5.41, 5.74) is 6.34. The SMILES string of the molecule is CC(C)Cn1cc(CN2CCCC2c2nc(C(N)=O)no2)cn1. The fourth-order valence-electron chi connectivity index (χ4n) is 2.96. The first-order valence-electron chi connectivity index (χ1n) is 7.91. The molecule has 2 aromatic heterocycles. The molecule has 0 spiro atoms. The van der Waals surface area contributed by atoms with Gasteiger partial charge < -0.3 is 10.3 Å². The average Bonchev–Trinajstić information content (AvgIpc) is 3.18. The van der Waals surface area contributed by atoms with Gasteiger partial charge in [-0.15, -0.1) is 0 Å². The molecule has 1 aliphatic heterocycles. The second-order valence-corrected chi connectivity index (χ2v) is 6.41. The summed E-state index contributed by atoms with van der Waals surface area (Å²) in [4.78, 5) is 17.5. The van der Waals surface area contributed by atoms with E-state index in [9.17, 15) is 4.79 Å². The molecule has 1 saturated heterocycles.